The molecule has 0 fully saturated rings. The number of nitrogens with one attached hydrogen (secondary N) is 1. The van der Waals surface area contributed by atoms with Crippen molar-refractivity contribution in [1.29, 1.82) is 0 Å². The summed E-state index contributed by atoms with van der Waals surface area (Å²) in [5.74, 6) is 0.728. The number of benzene rings is 2. The summed E-state index contributed by atoms with van der Waals surface area (Å²) in [5, 5.41) is 9.01. The van der Waals surface area contributed by atoms with Gasteiger partial charge in [-0.05, 0) is 42.0 Å². The molecule has 130 valence electrons. The molecule has 0 atom stereocenters. The first kappa shape index (κ1) is 16.7. The number of nitrogens with zero attached hydrogens (tertiary/aromatic N) is 3. The molecule has 0 amide bonds. The zero-order valence-electron chi connectivity index (χ0n) is 13.7. The SMILES string of the molecule is Nc1cccc(-c2cnc3ccc(NCc4ccc(Cl)c(Cl)c4)nn23)c1. The summed E-state index contributed by atoms with van der Waals surface area (Å²) >= 11 is 12.0. The van der Waals surface area contributed by atoms with Gasteiger partial charge in [0.1, 0.15) is 5.82 Å². The number of fused-ring (bicyclic) bond motifs is 1. The van der Waals surface area contributed by atoms with Crippen LogP contribution in [0.5, 0.6) is 0 Å². The van der Waals surface area contributed by atoms with E-state index in [9.17, 15) is 0 Å². The number of halogens is 2. The number of imidazole rings is 1. The molecule has 2 heterocycles. The van der Waals surface area contributed by atoms with E-state index in [0.29, 0.717) is 22.3 Å². The van der Waals surface area contributed by atoms with Crippen LogP contribution in [0.15, 0.2) is 60.8 Å². The van der Waals surface area contributed by atoms with E-state index in [1.54, 1.807) is 16.8 Å². The molecule has 0 unspecified atom stereocenters. The van der Waals surface area contributed by atoms with Crippen molar-refractivity contribution in [2.45, 2.75) is 6.54 Å². The minimum absolute atomic E-state index is 0.535. The zero-order chi connectivity index (χ0) is 18.1. The second-order valence-electron chi connectivity index (χ2n) is 5.86. The van der Waals surface area contributed by atoms with Gasteiger partial charge >= 0.3 is 0 Å². The standard InChI is InChI=1S/C19H15Cl2N5/c20-15-5-4-12(8-16(15)21)10-23-18-6-7-19-24-11-17(26(19)25-18)13-2-1-3-14(22)9-13/h1-9,11H,10,22H2,(H,23,25). The van der Waals surface area contributed by atoms with Gasteiger partial charge in [-0.15, -0.1) is 5.10 Å². The van der Waals surface area contributed by atoms with Gasteiger partial charge in [0.2, 0.25) is 0 Å². The fourth-order valence-corrected chi connectivity index (χ4v) is 3.03. The molecule has 4 aromatic rings. The van der Waals surface area contributed by atoms with Crippen molar-refractivity contribution in [1.82, 2.24) is 14.6 Å². The van der Waals surface area contributed by atoms with Crippen molar-refractivity contribution in [2.24, 2.45) is 0 Å². The summed E-state index contributed by atoms with van der Waals surface area (Å²) in [6.45, 7) is 0.581. The molecule has 7 heteroatoms. The third-order valence-corrected chi connectivity index (χ3v) is 4.74. The lowest BCUT2D eigenvalue weighted by Gasteiger charge is -2.08. The lowest BCUT2D eigenvalue weighted by Crippen LogP contribution is -2.04. The second-order valence-corrected chi connectivity index (χ2v) is 6.67. The van der Waals surface area contributed by atoms with Crippen molar-refractivity contribution in [3.8, 4) is 11.3 Å². The third kappa shape index (κ3) is 3.31. The average molecular weight is 384 g/mol. The molecule has 0 saturated carbocycles. The van der Waals surface area contributed by atoms with E-state index < -0.39 is 0 Å². The predicted molar refractivity (Wildman–Crippen MR) is 107 cm³/mol. The fraction of sp³-hybridized carbons (Fsp3) is 0.0526. The number of nitrogens with two attached hydrogens (primary N) is 1. The molecule has 2 aromatic heterocycles. The van der Waals surface area contributed by atoms with E-state index in [2.05, 4.69) is 15.4 Å². The highest BCUT2D eigenvalue weighted by molar-refractivity contribution is 6.42. The molecule has 0 radical (unpaired) electrons. The first-order chi connectivity index (χ1) is 12.6. The maximum atomic E-state index is 6.06. The van der Waals surface area contributed by atoms with Crippen molar-refractivity contribution >= 4 is 40.4 Å². The van der Waals surface area contributed by atoms with Crippen LogP contribution < -0.4 is 11.1 Å². The van der Waals surface area contributed by atoms with E-state index >= 15 is 0 Å². The summed E-state index contributed by atoms with van der Waals surface area (Å²) in [5.41, 5.74) is 10.2. The molecule has 5 nitrogen and oxygen atoms in total. The molecule has 0 spiro atoms. The second kappa shape index (κ2) is 6.86. The molecule has 26 heavy (non-hydrogen) atoms. The van der Waals surface area contributed by atoms with Crippen LogP contribution in [0.3, 0.4) is 0 Å². The molecule has 0 saturated heterocycles. The van der Waals surface area contributed by atoms with Gasteiger partial charge in [0, 0.05) is 17.8 Å². The van der Waals surface area contributed by atoms with Crippen molar-refractivity contribution in [2.75, 3.05) is 11.1 Å². The molecule has 4 rings (SSSR count). The van der Waals surface area contributed by atoms with Gasteiger partial charge in [-0.3, -0.25) is 0 Å². The highest BCUT2D eigenvalue weighted by atomic mass is 35.5. The lowest BCUT2D eigenvalue weighted by atomic mass is 10.1. The van der Waals surface area contributed by atoms with Crippen molar-refractivity contribution in [3.05, 3.63) is 76.4 Å². The van der Waals surface area contributed by atoms with Crippen LogP contribution in [0.1, 0.15) is 5.56 Å². The van der Waals surface area contributed by atoms with Crippen LogP contribution in [0.4, 0.5) is 11.5 Å². The van der Waals surface area contributed by atoms with Crippen LogP contribution >= 0.6 is 23.2 Å². The quantitative estimate of drug-likeness (QED) is 0.491. The van der Waals surface area contributed by atoms with E-state index in [1.165, 1.54) is 0 Å². The van der Waals surface area contributed by atoms with Gasteiger partial charge in [0.05, 0.1) is 21.9 Å². The Hall–Kier alpha value is -2.76. The monoisotopic (exact) mass is 383 g/mol. The lowest BCUT2D eigenvalue weighted by molar-refractivity contribution is 0.931. The molecule has 0 bridgehead atoms. The zero-order valence-corrected chi connectivity index (χ0v) is 15.2. The summed E-state index contributed by atoms with van der Waals surface area (Å²) < 4.78 is 1.80. The van der Waals surface area contributed by atoms with Crippen LogP contribution in [0.2, 0.25) is 10.0 Å². The van der Waals surface area contributed by atoms with Gasteiger partial charge in [-0.1, -0.05) is 41.4 Å². The average Bonchev–Trinajstić information content (AvgIpc) is 3.06. The number of rotatable bonds is 4. The highest BCUT2D eigenvalue weighted by Crippen LogP contribution is 2.24. The minimum atomic E-state index is 0.535. The highest BCUT2D eigenvalue weighted by Gasteiger charge is 2.08. The molecule has 3 N–H and O–H groups in total. The van der Waals surface area contributed by atoms with E-state index in [-0.39, 0.29) is 0 Å². The number of nitrogen functional groups attached to an aromatic ring is 1. The summed E-state index contributed by atoms with van der Waals surface area (Å²) in [7, 11) is 0. The summed E-state index contributed by atoms with van der Waals surface area (Å²) in [6.07, 6.45) is 1.79. The molecular formula is C19H15Cl2N5. The van der Waals surface area contributed by atoms with Gasteiger partial charge in [-0.2, -0.15) is 0 Å². The molecule has 0 aliphatic rings. The van der Waals surface area contributed by atoms with E-state index in [1.807, 2.05) is 48.5 Å². The normalized spacial score (nSPS) is 11.0. The van der Waals surface area contributed by atoms with Crippen LogP contribution in [0.25, 0.3) is 16.9 Å². The van der Waals surface area contributed by atoms with E-state index in [4.69, 9.17) is 28.9 Å². The van der Waals surface area contributed by atoms with Crippen molar-refractivity contribution < 1.29 is 0 Å². The van der Waals surface area contributed by atoms with E-state index in [0.717, 1.165) is 28.3 Å². The Morgan fingerprint density at radius 1 is 1.00 bits per heavy atom. The van der Waals surface area contributed by atoms with Crippen molar-refractivity contribution in [3.63, 3.8) is 0 Å². The Morgan fingerprint density at radius 3 is 2.69 bits per heavy atom. The van der Waals surface area contributed by atoms with Crippen LogP contribution in [0, 0.1) is 0 Å². The largest absolute Gasteiger partial charge is 0.399 e. The Bertz CT molecular complexity index is 1090. The maximum Gasteiger partial charge on any atom is 0.154 e. The molecular weight excluding hydrogens is 369 g/mol. The number of anilines is 2. The Morgan fingerprint density at radius 2 is 1.88 bits per heavy atom. The topological polar surface area (TPSA) is 68.2 Å². The first-order valence-corrected chi connectivity index (χ1v) is 8.74. The third-order valence-electron chi connectivity index (χ3n) is 4.00. The van der Waals surface area contributed by atoms with Gasteiger partial charge in [-0.25, -0.2) is 9.50 Å². The number of hydrogen-bond donors (Lipinski definition) is 2. The Labute approximate surface area is 160 Å². The van der Waals surface area contributed by atoms with Crippen LogP contribution in [-0.4, -0.2) is 14.6 Å². The Balaban J connectivity index is 1.62. The summed E-state index contributed by atoms with van der Waals surface area (Å²) in [4.78, 5) is 4.41. The molecule has 0 aliphatic carbocycles. The van der Waals surface area contributed by atoms with Gasteiger partial charge in [0.25, 0.3) is 0 Å². The number of hydrogen-bond acceptors (Lipinski definition) is 4. The predicted octanol–water partition coefficient (Wildman–Crippen LogP) is 4.90. The van der Waals surface area contributed by atoms with Gasteiger partial charge < -0.3 is 11.1 Å². The number of aromatic nitrogens is 3. The Kier molecular flexibility index (Phi) is 4.41. The first-order valence-electron chi connectivity index (χ1n) is 7.99. The molecule has 2 aromatic carbocycles. The summed E-state index contributed by atoms with van der Waals surface area (Å²) in [6, 6.07) is 17.0. The molecule has 0 aliphatic heterocycles. The minimum Gasteiger partial charge on any atom is -0.399 e. The van der Waals surface area contributed by atoms with Gasteiger partial charge in [0.15, 0.2) is 5.65 Å². The van der Waals surface area contributed by atoms with Crippen LogP contribution in [-0.2, 0) is 6.54 Å². The maximum absolute atomic E-state index is 6.06. The fourth-order valence-electron chi connectivity index (χ4n) is 2.70. The smallest absolute Gasteiger partial charge is 0.154 e.